The zero-order valence-electron chi connectivity index (χ0n) is 9.97. The molecule has 1 rings (SSSR count). The van der Waals surface area contributed by atoms with Crippen molar-refractivity contribution in [1.82, 2.24) is 4.90 Å². The van der Waals surface area contributed by atoms with Crippen molar-refractivity contribution in [3.63, 3.8) is 0 Å². The van der Waals surface area contributed by atoms with E-state index in [2.05, 4.69) is 18.7 Å². The average Bonchev–Trinajstić information content (AvgIpc) is 2.28. The van der Waals surface area contributed by atoms with Crippen molar-refractivity contribution in [2.24, 2.45) is 0 Å². The summed E-state index contributed by atoms with van der Waals surface area (Å²) in [5, 5.41) is 0.523. The minimum Gasteiger partial charge on any atom is -0.299 e. The molecular weight excluding hydrogens is 225 g/mol. The molecule has 0 bridgehead atoms. The summed E-state index contributed by atoms with van der Waals surface area (Å²) in [5.74, 6) is -0.206. The average molecular weight is 244 g/mol. The van der Waals surface area contributed by atoms with Crippen LogP contribution in [-0.4, -0.2) is 18.0 Å². The second-order valence-electron chi connectivity index (χ2n) is 3.92. The predicted molar refractivity (Wildman–Crippen MR) is 67.3 cm³/mol. The van der Waals surface area contributed by atoms with Crippen LogP contribution in [0.15, 0.2) is 18.2 Å². The normalized spacial score (nSPS) is 11.1. The number of hydrogen-bond acceptors (Lipinski definition) is 1. The molecule has 0 saturated carbocycles. The Morgan fingerprint density at radius 2 is 2.06 bits per heavy atom. The molecule has 0 aromatic heterocycles. The Labute approximate surface area is 102 Å². The van der Waals surface area contributed by atoms with Crippen LogP contribution < -0.4 is 0 Å². The maximum Gasteiger partial charge on any atom is 0.129 e. The van der Waals surface area contributed by atoms with Gasteiger partial charge < -0.3 is 0 Å². The third kappa shape index (κ3) is 3.76. The molecular formula is C13H19ClFN. The molecule has 0 N–H and O–H groups in total. The zero-order valence-corrected chi connectivity index (χ0v) is 10.7. The fourth-order valence-corrected chi connectivity index (χ4v) is 1.86. The number of nitrogens with zero attached hydrogens (tertiary/aromatic N) is 1. The molecule has 0 fully saturated rings. The van der Waals surface area contributed by atoms with Gasteiger partial charge in [0.25, 0.3) is 0 Å². The van der Waals surface area contributed by atoms with Gasteiger partial charge in [0.2, 0.25) is 0 Å². The van der Waals surface area contributed by atoms with E-state index >= 15 is 0 Å². The van der Waals surface area contributed by atoms with Gasteiger partial charge in [-0.2, -0.15) is 0 Å². The standard InChI is InChI=1S/C13H19ClFN/c1-3-5-9-16(4-2)10-11-12(14)7-6-8-13(11)15/h6-8H,3-5,9-10H2,1-2H3. The topological polar surface area (TPSA) is 3.24 Å². The first-order valence-corrected chi connectivity index (χ1v) is 6.22. The molecule has 0 heterocycles. The molecule has 0 unspecified atom stereocenters. The molecule has 90 valence electrons. The highest BCUT2D eigenvalue weighted by atomic mass is 35.5. The fourth-order valence-electron chi connectivity index (χ4n) is 1.64. The Hall–Kier alpha value is -0.600. The molecule has 0 spiro atoms. The molecule has 3 heteroatoms. The summed E-state index contributed by atoms with van der Waals surface area (Å²) in [4.78, 5) is 2.22. The van der Waals surface area contributed by atoms with Gasteiger partial charge in [0.05, 0.1) is 0 Å². The Kier molecular flexibility index (Phi) is 5.78. The lowest BCUT2D eigenvalue weighted by atomic mass is 10.2. The summed E-state index contributed by atoms with van der Waals surface area (Å²) in [6, 6.07) is 4.85. The van der Waals surface area contributed by atoms with Crippen LogP contribution in [0.5, 0.6) is 0 Å². The van der Waals surface area contributed by atoms with E-state index in [1.165, 1.54) is 6.07 Å². The van der Waals surface area contributed by atoms with Crippen molar-refractivity contribution in [2.45, 2.75) is 33.2 Å². The van der Waals surface area contributed by atoms with Gasteiger partial charge in [-0.1, -0.05) is 37.9 Å². The van der Waals surface area contributed by atoms with Gasteiger partial charge in [-0.3, -0.25) is 4.90 Å². The van der Waals surface area contributed by atoms with E-state index in [9.17, 15) is 4.39 Å². The first-order valence-electron chi connectivity index (χ1n) is 5.84. The lowest BCUT2D eigenvalue weighted by molar-refractivity contribution is 0.271. The highest BCUT2D eigenvalue weighted by molar-refractivity contribution is 6.31. The van der Waals surface area contributed by atoms with Crippen LogP contribution in [0.1, 0.15) is 32.3 Å². The maximum absolute atomic E-state index is 13.6. The lowest BCUT2D eigenvalue weighted by Gasteiger charge is -2.21. The van der Waals surface area contributed by atoms with Gasteiger partial charge in [0.1, 0.15) is 5.82 Å². The van der Waals surface area contributed by atoms with Crippen molar-refractivity contribution in [1.29, 1.82) is 0 Å². The van der Waals surface area contributed by atoms with Crippen LogP contribution in [-0.2, 0) is 6.54 Å². The van der Waals surface area contributed by atoms with E-state index < -0.39 is 0 Å². The van der Waals surface area contributed by atoms with E-state index in [1.54, 1.807) is 12.1 Å². The maximum atomic E-state index is 13.6. The summed E-state index contributed by atoms with van der Waals surface area (Å²) in [5.41, 5.74) is 0.613. The Bertz CT molecular complexity index is 307. The van der Waals surface area contributed by atoms with Crippen molar-refractivity contribution in [3.05, 3.63) is 34.6 Å². The van der Waals surface area contributed by atoms with Crippen LogP contribution in [0.25, 0.3) is 0 Å². The highest BCUT2D eigenvalue weighted by Gasteiger charge is 2.10. The number of unbranched alkanes of at least 4 members (excludes halogenated alkanes) is 1. The van der Waals surface area contributed by atoms with Crippen LogP contribution >= 0.6 is 11.6 Å². The SMILES string of the molecule is CCCCN(CC)Cc1c(F)cccc1Cl. The van der Waals surface area contributed by atoms with Gasteiger partial charge in [-0.05, 0) is 31.6 Å². The second kappa shape index (κ2) is 6.87. The third-order valence-electron chi connectivity index (χ3n) is 2.72. The van der Waals surface area contributed by atoms with E-state index in [0.717, 1.165) is 25.9 Å². The van der Waals surface area contributed by atoms with Crippen molar-refractivity contribution in [3.8, 4) is 0 Å². The van der Waals surface area contributed by atoms with Gasteiger partial charge in [-0.15, -0.1) is 0 Å². The second-order valence-corrected chi connectivity index (χ2v) is 4.33. The first-order chi connectivity index (χ1) is 7.69. The number of hydrogen-bond donors (Lipinski definition) is 0. The first kappa shape index (κ1) is 13.5. The Balaban J connectivity index is 2.69. The molecule has 0 amide bonds. The van der Waals surface area contributed by atoms with E-state index in [-0.39, 0.29) is 5.82 Å². The number of halogens is 2. The Morgan fingerprint density at radius 1 is 1.31 bits per heavy atom. The van der Waals surface area contributed by atoms with Gasteiger partial charge in [0.15, 0.2) is 0 Å². The molecule has 1 aromatic carbocycles. The quantitative estimate of drug-likeness (QED) is 0.727. The van der Waals surface area contributed by atoms with Crippen molar-refractivity contribution in [2.75, 3.05) is 13.1 Å². The van der Waals surface area contributed by atoms with Crippen molar-refractivity contribution < 1.29 is 4.39 Å². The monoisotopic (exact) mass is 243 g/mol. The molecule has 0 radical (unpaired) electrons. The van der Waals surface area contributed by atoms with Crippen molar-refractivity contribution >= 4 is 11.6 Å². The Morgan fingerprint density at radius 3 is 2.62 bits per heavy atom. The molecule has 0 aliphatic rings. The molecule has 1 aromatic rings. The summed E-state index contributed by atoms with van der Waals surface area (Å²) in [7, 11) is 0. The van der Waals surface area contributed by atoms with Crippen LogP contribution in [0, 0.1) is 5.82 Å². The molecule has 16 heavy (non-hydrogen) atoms. The molecule has 0 aliphatic heterocycles. The van der Waals surface area contributed by atoms with Crippen LogP contribution in [0.2, 0.25) is 5.02 Å². The van der Waals surface area contributed by atoms with E-state index in [1.807, 2.05) is 0 Å². The minimum absolute atomic E-state index is 0.206. The predicted octanol–water partition coefficient (Wildman–Crippen LogP) is 4.10. The molecule has 1 nitrogen and oxygen atoms in total. The highest BCUT2D eigenvalue weighted by Crippen LogP contribution is 2.20. The van der Waals surface area contributed by atoms with Gasteiger partial charge in [0, 0.05) is 17.1 Å². The van der Waals surface area contributed by atoms with Gasteiger partial charge >= 0.3 is 0 Å². The number of benzene rings is 1. The minimum atomic E-state index is -0.206. The smallest absolute Gasteiger partial charge is 0.129 e. The zero-order chi connectivity index (χ0) is 12.0. The fraction of sp³-hybridized carbons (Fsp3) is 0.538. The largest absolute Gasteiger partial charge is 0.299 e. The molecule has 0 saturated heterocycles. The van der Waals surface area contributed by atoms with E-state index in [0.29, 0.717) is 17.1 Å². The molecule has 0 aliphatic carbocycles. The molecule has 0 atom stereocenters. The van der Waals surface area contributed by atoms with Crippen LogP contribution in [0.3, 0.4) is 0 Å². The summed E-state index contributed by atoms with van der Waals surface area (Å²) in [6.45, 7) is 6.76. The summed E-state index contributed by atoms with van der Waals surface area (Å²) >= 11 is 6.00. The van der Waals surface area contributed by atoms with E-state index in [4.69, 9.17) is 11.6 Å². The summed E-state index contributed by atoms with van der Waals surface area (Å²) in [6.07, 6.45) is 2.29. The van der Waals surface area contributed by atoms with Crippen LogP contribution in [0.4, 0.5) is 4.39 Å². The number of rotatable bonds is 6. The lowest BCUT2D eigenvalue weighted by Crippen LogP contribution is -2.24. The van der Waals surface area contributed by atoms with Gasteiger partial charge in [-0.25, -0.2) is 4.39 Å². The summed E-state index contributed by atoms with van der Waals surface area (Å²) < 4.78 is 13.6. The third-order valence-corrected chi connectivity index (χ3v) is 3.07.